The molecule has 0 saturated carbocycles. The Kier molecular flexibility index (Phi) is 6.03. The highest BCUT2D eigenvalue weighted by molar-refractivity contribution is 8.00. The lowest BCUT2D eigenvalue weighted by atomic mass is 10.2. The van der Waals surface area contributed by atoms with E-state index in [1.807, 2.05) is 31.2 Å². The van der Waals surface area contributed by atoms with E-state index >= 15 is 0 Å². The van der Waals surface area contributed by atoms with Crippen molar-refractivity contribution in [1.29, 1.82) is 0 Å². The summed E-state index contributed by atoms with van der Waals surface area (Å²) in [6, 6.07) is 9.65. The van der Waals surface area contributed by atoms with Gasteiger partial charge in [0.05, 0.1) is 17.9 Å². The van der Waals surface area contributed by atoms with Crippen molar-refractivity contribution in [3.8, 4) is 0 Å². The SMILES string of the molecule is CCOC(=O)c1ccsc1NC(=O)CSc1cccc(C)c1. The Hall–Kier alpha value is -1.79. The first-order chi connectivity index (χ1) is 10.6. The van der Waals surface area contributed by atoms with Crippen molar-refractivity contribution in [2.45, 2.75) is 18.7 Å². The van der Waals surface area contributed by atoms with Crippen LogP contribution >= 0.6 is 23.1 Å². The summed E-state index contributed by atoms with van der Waals surface area (Å²) in [6.07, 6.45) is 0. The first kappa shape index (κ1) is 16.6. The summed E-state index contributed by atoms with van der Waals surface area (Å²) in [4.78, 5) is 24.8. The number of aryl methyl sites for hydroxylation is 1. The number of hydrogen-bond acceptors (Lipinski definition) is 5. The van der Waals surface area contributed by atoms with Crippen molar-refractivity contribution in [2.75, 3.05) is 17.7 Å². The summed E-state index contributed by atoms with van der Waals surface area (Å²) in [5, 5.41) is 5.07. The fourth-order valence-corrected chi connectivity index (χ4v) is 3.40. The van der Waals surface area contributed by atoms with Gasteiger partial charge in [-0.05, 0) is 37.4 Å². The molecule has 0 spiro atoms. The number of nitrogens with one attached hydrogen (secondary N) is 1. The van der Waals surface area contributed by atoms with Gasteiger partial charge >= 0.3 is 5.97 Å². The zero-order chi connectivity index (χ0) is 15.9. The van der Waals surface area contributed by atoms with Gasteiger partial charge in [0.25, 0.3) is 0 Å². The number of thioether (sulfide) groups is 1. The maximum absolute atomic E-state index is 12.0. The molecule has 1 aromatic carbocycles. The molecule has 1 aromatic heterocycles. The van der Waals surface area contributed by atoms with Crippen molar-refractivity contribution in [3.63, 3.8) is 0 Å². The van der Waals surface area contributed by atoms with Crippen LogP contribution in [0.25, 0.3) is 0 Å². The number of thiophene rings is 1. The predicted molar refractivity (Wildman–Crippen MR) is 90.8 cm³/mol. The van der Waals surface area contributed by atoms with Crippen LogP contribution in [-0.2, 0) is 9.53 Å². The molecule has 6 heteroatoms. The average molecular weight is 335 g/mol. The largest absolute Gasteiger partial charge is 0.462 e. The highest BCUT2D eigenvalue weighted by Crippen LogP contribution is 2.25. The number of rotatable bonds is 6. The Morgan fingerprint density at radius 3 is 2.86 bits per heavy atom. The first-order valence-corrected chi connectivity index (χ1v) is 8.70. The van der Waals surface area contributed by atoms with Gasteiger partial charge in [-0.25, -0.2) is 4.79 Å². The first-order valence-electron chi connectivity index (χ1n) is 6.84. The molecule has 22 heavy (non-hydrogen) atoms. The number of esters is 1. The molecule has 2 aromatic rings. The molecular formula is C16H17NO3S2. The van der Waals surface area contributed by atoms with Crippen LogP contribution < -0.4 is 5.32 Å². The van der Waals surface area contributed by atoms with Gasteiger partial charge in [-0.15, -0.1) is 23.1 Å². The minimum absolute atomic E-state index is 0.139. The third kappa shape index (κ3) is 4.61. The molecule has 0 radical (unpaired) electrons. The number of carbonyl (C=O) groups excluding carboxylic acids is 2. The predicted octanol–water partition coefficient (Wildman–Crippen LogP) is 3.96. The minimum atomic E-state index is -0.412. The second-order valence-electron chi connectivity index (χ2n) is 4.54. The van der Waals surface area contributed by atoms with Crippen LogP contribution in [0, 0.1) is 6.92 Å². The van der Waals surface area contributed by atoms with E-state index in [0.717, 1.165) is 10.5 Å². The second-order valence-corrected chi connectivity index (χ2v) is 6.50. The van der Waals surface area contributed by atoms with E-state index in [4.69, 9.17) is 4.74 Å². The molecule has 0 atom stereocenters. The van der Waals surface area contributed by atoms with Crippen LogP contribution in [0.1, 0.15) is 22.8 Å². The number of ether oxygens (including phenoxy) is 1. The normalized spacial score (nSPS) is 10.3. The van der Waals surface area contributed by atoms with Gasteiger partial charge in [0, 0.05) is 4.90 Å². The Labute approximate surface area is 137 Å². The van der Waals surface area contributed by atoms with Crippen LogP contribution in [0.15, 0.2) is 40.6 Å². The van der Waals surface area contributed by atoms with Crippen molar-refractivity contribution >= 4 is 40.0 Å². The van der Waals surface area contributed by atoms with Gasteiger partial charge in [-0.3, -0.25) is 4.79 Å². The number of anilines is 1. The summed E-state index contributed by atoms with van der Waals surface area (Å²) in [6.45, 7) is 4.08. The van der Waals surface area contributed by atoms with Gasteiger partial charge in [0.15, 0.2) is 0 Å². The smallest absolute Gasteiger partial charge is 0.341 e. The quantitative estimate of drug-likeness (QED) is 0.641. The van der Waals surface area contributed by atoms with Crippen LogP contribution in [0.4, 0.5) is 5.00 Å². The van der Waals surface area contributed by atoms with Crippen molar-refractivity contribution < 1.29 is 14.3 Å². The number of amides is 1. The summed E-state index contributed by atoms with van der Waals surface area (Å²) >= 11 is 2.78. The molecule has 0 saturated heterocycles. The maximum atomic E-state index is 12.0. The van der Waals surface area contributed by atoms with E-state index in [1.54, 1.807) is 18.4 Å². The van der Waals surface area contributed by atoms with Gasteiger partial charge in [0.1, 0.15) is 5.00 Å². The summed E-state index contributed by atoms with van der Waals surface area (Å²) in [5.74, 6) is -0.256. The minimum Gasteiger partial charge on any atom is -0.462 e. The van der Waals surface area contributed by atoms with Gasteiger partial charge < -0.3 is 10.1 Å². The number of carbonyl (C=O) groups is 2. The molecular weight excluding hydrogens is 318 g/mol. The van der Waals surface area contributed by atoms with Crippen LogP contribution in [0.2, 0.25) is 0 Å². The van der Waals surface area contributed by atoms with Crippen LogP contribution in [0.5, 0.6) is 0 Å². The van der Waals surface area contributed by atoms with Crippen LogP contribution in [0.3, 0.4) is 0 Å². The standard InChI is InChI=1S/C16H17NO3S2/c1-3-20-16(19)13-7-8-21-15(13)17-14(18)10-22-12-6-4-5-11(2)9-12/h4-9H,3,10H2,1-2H3,(H,17,18). The topological polar surface area (TPSA) is 55.4 Å². The van der Waals surface area contributed by atoms with Gasteiger partial charge in [0.2, 0.25) is 5.91 Å². The molecule has 0 unspecified atom stereocenters. The lowest BCUT2D eigenvalue weighted by Gasteiger charge is -2.06. The van der Waals surface area contributed by atoms with Gasteiger partial charge in [-0.1, -0.05) is 17.7 Å². The van der Waals surface area contributed by atoms with Crippen LogP contribution in [-0.4, -0.2) is 24.2 Å². The third-order valence-electron chi connectivity index (χ3n) is 2.77. The Morgan fingerprint density at radius 2 is 2.14 bits per heavy atom. The molecule has 1 heterocycles. The molecule has 0 aliphatic carbocycles. The molecule has 1 N–H and O–H groups in total. The number of hydrogen-bond donors (Lipinski definition) is 1. The lowest BCUT2D eigenvalue weighted by molar-refractivity contribution is -0.113. The Balaban J connectivity index is 1.92. The van der Waals surface area contributed by atoms with Gasteiger partial charge in [-0.2, -0.15) is 0 Å². The van der Waals surface area contributed by atoms with E-state index in [2.05, 4.69) is 5.32 Å². The zero-order valence-corrected chi connectivity index (χ0v) is 14.1. The molecule has 4 nitrogen and oxygen atoms in total. The summed E-state index contributed by atoms with van der Waals surface area (Å²) in [7, 11) is 0. The van der Waals surface area contributed by atoms with E-state index < -0.39 is 5.97 Å². The van der Waals surface area contributed by atoms with E-state index in [-0.39, 0.29) is 5.91 Å². The van der Waals surface area contributed by atoms with E-state index in [1.165, 1.54) is 23.1 Å². The average Bonchev–Trinajstić information content (AvgIpc) is 2.94. The Bertz CT molecular complexity index is 667. The summed E-state index contributed by atoms with van der Waals surface area (Å²) < 4.78 is 4.96. The lowest BCUT2D eigenvalue weighted by Crippen LogP contribution is -2.15. The highest BCUT2D eigenvalue weighted by atomic mass is 32.2. The fraction of sp³-hybridized carbons (Fsp3) is 0.250. The fourth-order valence-electron chi connectivity index (χ4n) is 1.79. The molecule has 0 aliphatic heterocycles. The molecule has 0 aliphatic rings. The molecule has 2 rings (SSSR count). The van der Waals surface area contributed by atoms with E-state index in [0.29, 0.717) is 22.9 Å². The molecule has 116 valence electrons. The number of benzene rings is 1. The monoisotopic (exact) mass is 335 g/mol. The van der Waals surface area contributed by atoms with Crippen molar-refractivity contribution in [2.24, 2.45) is 0 Å². The Morgan fingerprint density at radius 1 is 1.32 bits per heavy atom. The molecule has 0 fully saturated rings. The second kappa shape index (κ2) is 8.00. The maximum Gasteiger partial charge on any atom is 0.341 e. The highest BCUT2D eigenvalue weighted by Gasteiger charge is 2.16. The summed E-state index contributed by atoms with van der Waals surface area (Å²) in [5.41, 5.74) is 1.56. The molecule has 0 bridgehead atoms. The van der Waals surface area contributed by atoms with E-state index in [9.17, 15) is 9.59 Å². The zero-order valence-electron chi connectivity index (χ0n) is 12.4. The molecule has 1 amide bonds. The van der Waals surface area contributed by atoms with Crippen molar-refractivity contribution in [3.05, 3.63) is 46.8 Å². The third-order valence-corrected chi connectivity index (χ3v) is 4.60. The van der Waals surface area contributed by atoms with Crippen molar-refractivity contribution in [1.82, 2.24) is 0 Å².